The standard InChI is InChI=1S/C11H16N2O2/c1-15-10-4-2-8(3-5-10)11-12-6-9(14)7-13-11/h2-5,9,11-14H,6-7H2,1H3. The average Bonchev–Trinajstić information content (AvgIpc) is 2.30. The van der Waals surface area contributed by atoms with Crippen molar-refractivity contribution in [2.75, 3.05) is 20.2 Å². The van der Waals surface area contributed by atoms with Crippen molar-refractivity contribution in [3.63, 3.8) is 0 Å². The number of β-amino-alcohol motifs (C(OH)–C–C–N with tert-alkyl or cyclic N) is 1. The molecule has 1 aliphatic rings. The highest BCUT2D eigenvalue weighted by Gasteiger charge is 2.18. The van der Waals surface area contributed by atoms with Gasteiger partial charge >= 0.3 is 0 Å². The molecule has 1 aromatic rings. The topological polar surface area (TPSA) is 53.5 Å². The van der Waals surface area contributed by atoms with Crippen LogP contribution in [0.15, 0.2) is 24.3 Å². The van der Waals surface area contributed by atoms with Crippen molar-refractivity contribution in [2.45, 2.75) is 12.3 Å². The van der Waals surface area contributed by atoms with E-state index in [1.165, 1.54) is 0 Å². The van der Waals surface area contributed by atoms with Crippen LogP contribution in [0.4, 0.5) is 0 Å². The molecule has 15 heavy (non-hydrogen) atoms. The molecule has 4 heteroatoms. The zero-order chi connectivity index (χ0) is 10.7. The molecule has 1 heterocycles. The molecule has 0 atom stereocenters. The molecule has 1 fully saturated rings. The molecule has 0 aliphatic carbocycles. The highest BCUT2D eigenvalue weighted by atomic mass is 16.5. The summed E-state index contributed by atoms with van der Waals surface area (Å²) in [4.78, 5) is 0. The average molecular weight is 208 g/mol. The van der Waals surface area contributed by atoms with Crippen LogP contribution in [0.5, 0.6) is 5.75 Å². The minimum Gasteiger partial charge on any atom is -0.497 e. The van der Waals surface area contributed by atoms with Crippen LogP contribution < -0.4 is 15.4 Å². The molecule has 0 amide bonds. The molecule has 1 aromatic carbocycles. The third-order valence-corrected chi connectivity index (χ3v) is 2.56. The number of hydrogen-bond donors (Lipinski definition) is 3. The smallest absolute Gasteiger partial charge is 0.118 e. The summed E-state index contributed by atoms with van der Waals surface area (Å²) in [6.45, 7) is 1.26. The van der Waals surface area contributed by atoms with E-state index in [-0.39, 0.29) is 12.3 Å². The van der Waals surface area contributed by atoms with Gasteiger partial charge in [-0.25, -0.2) is 0 Å². The molecule has 82 valence electrons. The summed E-state index contributed by atoms with van der Waals surface area (Å²) >= 11 is 0. The number of aliphatic hydroxyl groups excluding tert-OH is 1. The molecule has 0 radical (unpaired) electrons. The molecule has 0 saturated carbocycles. The summed E-state index contributed by atoms with van der Waals surface area (Å²) in [5.41, 5.74) is 1.16. The van der Waals surface area contributed by atoms with E-state index in [4.69, 9.17) is 4.74 Å². The van der Waals surface area contributed by atoms with Crippen molar-refractivity contribution in [1.29, 1.82) is 0 Å². The molecular weight excluding hydrogens is 192 g/mol. The third-order valence-electron chi connectivity index (χ3n) is 2.56. The van der Waals surface area contributed by atoms with Gasteiger partial charge in [-0.3, -0.25) is 10.6 Å². The Morgan fingerprint density at radius 1 is 1.20 bits per heavy atom. The van der Waals surface area contributed by atoms with Gasteiger partial charge in [-0.2, -0.15) is 0 Å². The predicted molar refractivity (Wildman–Crippen MR) is 57.7 cm³/mol. The van der Waals surface area contributed by atoms with Gasteiger partial charge in [0.05, 0.1) is 19.4 Å². The Morgan fingerprint density at radius 2 is 1.80 bits per heavy atom. The van der Waals surface area contributed by atoms with Crippen LogP contribution in [-0.4, -0.2) is 31.4 Å². The lowest BCUT2D eigenvalue weighted by atomic mass is 10.1. The Morgan fingerprint density at radius 3 is 2.33 bits per heavy atom. The fourth-order valence-corrected chi connectivity index (χ4v) is 1.68. The first-order valence-electron chi connectivity index (χ1n) is 5.08. The van der Waals surface area contributed by atoms with E-state index in [0.717, 1.165) is 11.3 Å². The second-order valence-corrected chi connectivity index (χ2v) is 3.68. The lowest BCUT2D eigenvalue weighted by molar-refractivity contribution is 0.129. The first-order valence-corrected chi connectivity index (χ1v) is 5.08. The first kappa shape index (κ1) is 10.4. The molecule has 0 bridgehead atoms. The van der Waals surface area contributed by atoms with Gasteiger partial charge in [0.1, 0.15) is 5.75 Å². The van der Waals surface area contributed by atoms with E-state index in [2.05, 4.69) is 10.6 Å². The van der Waals surface area contributed by atoms with Gasteiger partial charge in [0, 0.05) is 13.1 Å². The van der Waals surface area contributed by atoms with E-state index in [9.17, 15) is 5.11 Å². The third kappa shape index (κ3) is 2.47. The molecule has 0 spiro atoms. The van der Waals surface area contributed by atoms with E-state index in [0.29, 0.717) is 13.1 Å². The van der Waals surface area contributed by atoms with Crippen LogP contribution in [0.25, 0.3) is 0 Å². The van der Waals surface area contributed by atoms with Gasteiger partial charge in [-0.05, 0) is 17.7 Å². The Kier molecular flexibility index (Phi) is 3.20. The summed E-state index contributed by atoms with van der Waals surface area (Å²) < 4.78 is 5.09. The number of methoxy groups -OCH3 is 1. The second kappa shape index (κ2) is 4.61. The minimum absolute atomic E-state index is 0.124. The van der Waals surface area contributed by atoms with Crippen LogP contribution in [0.2, 0.25) is 0 Å². The molecule has 0 aromatic heterocycles. The van der Waals surface area contributed by atoms with Gasteiger partial charge in [-0.15, -0.1) is 0 Å². The number of ether oxygens (including phenoxy) is 1. The van der Waals surface area contributed by atoms with Gasteiger partial charge < -0.3 is 9.84 Å². The summed E-state index contributed by atoms with van der Waals surface area (Å²) in [6.07, 6.45) is -0.168. The highest BCUT2D eigenvalue weighted by molar-refractivity contribution is 5.29. The molecule has 2 rings (SSSR count). The van der Waals surface area contributed by atoms with Crippen molar-refractivity contribution in [2.24, 2.45) is 0 Å². The molecule has 1 aliphatic heterocycles. The maximum Gasteiger partial charge on any atom is 0.118 e. The molecule has 0 unspecified atom stereocenters. The Balaban J connectivity index is 2.03. The normalized spacial score (nSPS) is 26.3. The summed E-state index contributed by atoms with van der Waals surface area (Å²) in [7, 11) is 1.66. The first-order chi connectivity index (χ1) is 7.29. The number of benzene rings is 1. The van der Waals surface area contributed by atoms with E-state index in [1.807, 2.05) is 24.3 Å². The highest BCUT2D eigenvalue weighted by Crippen LogP contribution is 2.17. The Labute approximate surface area is 89.3 Å². The van der Waals surface area contributed by atoms with Crippen LogP contribution in [-0.2, 0) is 0 Å². The molecular formula is C11H16N2O2. The largest absolute Gasteiger partial charge is 0.497 e. The minimum atomic E-state index is -0.292. The Bertz CT molecular complexity index is 305. The van der Waals surface area contributed by atoms with E-state index in [1.54, 1.807) is 7.11 Å². The maximum absolute atomic E-state index is 9.31. The number of aliphatic hydroxyl groups is 1. The SMILES string of the molecule is COc1ccc(C2NCC(O)CN2)cc1. The monoisotopic (exact) mass is 208 g/mol. The fraction of sp³-hybridized carbons (Fsp3) is 0.455. The van der Waals surface area contributed by atoms with Crippen LogP contribution >= 0.6 is 0 Å². The van der Waals surface area contributed by atoms with Crippen LogP contribution in [0.3, 0.4) is 0 Å². The zero-order valence-electron chi connectivity index (χ0n) is 8.73. The van der Waals surface area contributed by atoms with Crippen LogP contribution in [0.1, 0.15) is 11.7 Å². The van der Waals surface area contributed by atoms with Crippen molar-refractivity contribution in [3.8, 4) is 5.75 Å². The number of rotatable bonds is 2. The van der Waals surface area contributed by atoms with Crippen molar-refractivity contribution in [3.05, 3.63) is 29.8 Å². The van der Waals surface area contributed by atoms with E-state index < -0.39 is 0 Å². The van der Waals surface area contributed by atoms with Gasteiger partial charge in [0.25, 0.3) is 0 Å². The quantitative estimate of drug-likeness (QED) is 0.652. The Hall–Kier alpha value is -1.10. The van der Waals surface area contributed by atoms with Crippen molar-refractivity contribution >= 4 is 0 Å². The van der Waals surface area contributed by atoms with Crippen molar-refractivity contribution < 1.29 is 9.84 Å². The van der Waals surface area contributed by atoms with Gasteiger partial charge in [0.2, 0.25) is 0 Å². The van der Waals surface area contributed by atoms with E-state index >= 15 is 0 Å². The predicted octanol–water partition coefficient (Wildman–Crippen LogP) is 0.247. The number of hydrogen-bond acceptors (Lipinski definition) is 4. The molecule has 4 nitrogen and oxygen atoms in total. The zero-order valence-corrected chi connectivity index (χ0v) is 8.73. The molecule has 1 saturated heterocycles. The summed E-state index contributed by atoms with van der Waals surface area (Å²) in [5.74, 6) is 0.856. The summed E-state index contributed by atoms with van der Waals surface area (Å²) in [5, 5.41) is 15.8. The summed E-state index contributed by atoms with van der Waals surface area (Å²) in [6, 6.07) is 7.90. The van der Waals surface area contributed by atoms with Gasteiger partial charge in [-0.1, -0.05) is 12.1 Å². The lowest BCUT2D eigenvalue weighted by Crippen LogP contribution is -2.49. The van der Waals surface area contributed by atoms with Crippen LogP contribution in [0, 0.1) is 0 Å². The molecule has 3 N–H and O–H groups in total. The lowest BCUT2D eigenvalue weighted by Gasteiger charge is -2.28. The van der Waals surface area contributed by atoms with Crippen molar-refractivity contribution in [1.82, 2.24) is 10.6 Å². The second-order valence-electron chi connectivity index (χ2n) is 3.68. The number of nitrogens with one attached hydrogen (secondary N) is 2. The fourth-order valence-electron chi connectivity index (χ4n) is 1.68. The maximum atomic E-state index is 9.31. The van der Waals surface area contributed by atoms with Gasteiger partial charge in [0.15, 0.2) is 0 Å².